The predicted octanol–water partition coefficient (Wildman–Crippen LogP) is 3.00. The second-order valence-corrected chi connectivity index (χ2v) is 5.29. The number of halogens is 1. The molecule has 16 heavy (non-hydrogen) atoms. The van der Waals surface area contributed by atoms with E-state index in [0.29, 0.717) is 0 Å². The first kappa shape index (κ1) is 11.9. The summed E-state index contributed by atoms with van der Waals surface area (Å²) in [6, 6.07) is 6.24. The minimum Gasteiger partial charge on any atom is -0.496 e. The average Bonchev–Trinajstić information content (AvgIpc) is 2.31. The van der Waals surface area contributed by atoms with Crippen LogP contribution in [0.5, 0.6) is 5.75 Å². The van der Waals surface area contributed by atoms with Crippen LogP contribution < -0.4 is 10.1 Å². The van der Waals surface area contributed by atoms with Crippen LogP contribution in [0, 0.1) is 5.92 Å². The lowest BCUT2D eigenvalue weighted by Gasteiger charge is -2.23. The van der Waals surface area contributed by atoms with E-state index in [-0.39, 0.29) is 0 Å². The van der Waals surface area contributed by atoms with Crippen LogP contribution in [0.15, 0.2) is 22.7 Å². The molecule has 88 valence electrons. The van der Waals surface area contributed by atoms with Crippen molar-refractivity contribution in [1.82, 2.24) is 5.32 Å². The summed E-state index contributed by atoms with van der Waals surface area (Å²) in [5, 5.41) is 3.45. The van der Waals surface area contributed by atoms with Gasteiger partial charge in [0.05, 0.1) is 7.11 Å². The molecule has 1 aliphatic rings. The Labute approximate surface area is 106 Å². The van der Waals surface area contributed by atoms with Gasteiger partial charge in [-0.15, -0.1) is 0 Å². The van der Waals surface area contributed by atoms with E-state index in [1.807, 2.05) is 12.1 Å². The molecule has 0 spiro atoms. The molecule has 0 amide bonds. The molecule has 1 aliphatic heterocycles. The molecule has 0 aliphatic carbocycles. The summed E-state index contributed by atoms with van der Waals surface area (Å²) >= 11 is 3.52. The Bertz CT molecular complexity index is 348. The zero-order valence-electron chi connectivity index (χ0n) is 9.63. The van der Waals surface area contributed by atoms with E-state index in [1.54, 1.807) is 7.11 Å². The van der Waals surface area contributed by atoms with Gasteiger partial charge in [-0.05, 0) is 62.0 Å². The summed E-state index contributed by atoms with van der Waals surface area (Å²) in [6.07, 6.45) is 3.72. The summed E-state index contributed by atoms with van der Waals surface area (Å²) in [7, 11) is 1.74. The Hall–Kier alpha value is -0.540. The van der Waals surface area contributed by atoms with Crippen molar-refractivity contribution in [3.05, 3.63) is 28.2 Å². The molecule has 1 aromatic rings. The average molecular weight is 284 g/mol. The van der Waals surface area contributed by atoms with Gasteiger partial charge in [0.25, 0.3) is 0 Å². The maximum absolute atomic E-state index is 5.40. The Kier molecular flexibility index (Phi) is 4.24. The standard InChI is InChI=1S/C13H18BrNO/c1-16-13-5-4-12(14)8-11(13)7-10-3-2-6-15-9-10/h4-5,8,10,15H,2-3,6-7,9H2,1H3. The number of ether oxygens (including phenoxy) is 1. The Morgan fingerprint density at radius 2 is 2.38 bits per heavy atom. The highest BCUT2D eigenvalue weighted by Gasteiger charge is 2.15. The first-order chi connectivity index (χ1) is 7.79. The molecule has 0 aromatic heterocycles. The van der Waals surface area contributed by atoms with E-state index in [1.165, 1.54) is 24.9 Å². The largest absolute Gasteiger partial charge is 0.496 e. The van der Waals surface area contributed by atoms with Crippen LogP contribution in [0.4, 0.5) is 0 Å². The molecule has 2 nitrogen and oxygen atoms in total. The molecule has 1 fully saturated rings. The fraction of sp³-hybridized carbons (Fsp3) is 0.538. The van der Waals surface area contributed by atoms with Gasteiger partial charge in [0.15, 0.2) is 0 Å². The third-order valence-electron chi connectivity index (χ3n) is 3.15. The van der Waals surface area contributed by atoms with E-state index >= 15 is 0 Å². The van der Waals surface area contributed by atoms with Gasteiger partial charge >= 0.3 is 0 Å². The van der Waals surface area contributed by atoms with Crippen molar-refractivity contribution in [3.63, 3.8) is 0 Å². The van der Waals surface area contributed by atoms with Gasteiger partial charge in [0.1, 0.15) is 5.75 Å². The second kappa shape index (κ2) is 5.69. The van der Waals surface area contributed by atoms with Crippen molar-refractivity contribution in [3.8, 4) is 5.75 Å². The van der Waals surface area contributed by atoms with Gasteiger partial charge in [0, 0.05) is 4.47 Å². The summed E-state index contributed by atoms with van der Waals surface area (Å²) < 4.78 is 6.53. The van der Waals surface area contributed by atoms with Crippen LogP contribution in [0.2, 0.25) is 0 Å². The zero-order chi connectivity index (χ0) is 11.4. The lowest BCUT2D eigenvalue weighted by atomic mass is 9.92. The van der Waals surface area contributed by atoms with Crippen LogP contribution in [0.3, 0.4) is 0 Å². The maximum atomic E-state index is 5.40. The van der Waals surface area contributed by atoms with Crippen LogP contribution in [-0.2, 0) is 6.42 Å². The smallest absolute Gasteiger partial charge is 0.122 e. The van der Waals surface area contributed by atoms with Crippen LogP contribution >= 0.6 is 15.9 Å². The fourth-order valence-electron chi connectivity index (χ4n) is 2.32. The number of rotatable bonds is 3. The minimum absolute atomic E-state index is 0.747. The van der Waals surface area contributed by atoms with Crippen molar-refractivity contribution in [1.29, 1.82) is 0 Å². The van der Waals surface area contributed by atoms with Crippen molar-refractivity contribution in [2.75, 3.05) is 20.2 Å². The highest BCUT2D eigenvalue weighted by Crippen LogP contribution is 2.27. The normalized spacial score (nSPS) is 20.8. The van der Waals surface area contributed by atoms with E-state index in [2.05, 4.69) is 27.3 Å². The van der Waals surface area contributed by atoms with Crippen LogP contribution in [-0.4, -0.2) is 20.2 Å². The molecular weight excluding hydrogens is 266 g/mol. The molecule has 1 heterocycles. The Morgan fingerprint density at radius 3 is 3.06 bits per heavy atom. The molecule has 0 radical (unpaired) electrons. The maximum Gasteiger partial charge on any atom is 0.122 e. The predicted molar refractivity (Wildman–Crippen MR) is 70.0 cm³/mol. The number of methoxy groups -OCH3 is 1. The molecule has 1 saturated heterocycles. The van der Waals surface area contributed by atoms with Crippen molar-refractivity contribution >= 4 is 15.9 Å². The zero-order valence-corrected chi connectivity index (χ0v) is 11.2. The van der Waals surface area contributed by atoms with Crippen molar-refractivity contribution in [2.24, 2.45) is 5.92 Å². The van der Waals surface area contributed by atoms with Gasteiger partial charge in [-0.1, -0.05) is 15.9 Å². The quantitative estimate of drug-likeness (QED) is 0.921. The Balaban J connectivity index is 2.09. The molecule has 1 unspecified atom stereocenters. The van der Waals surface area contributed by atoms with Gasteiger partial charge in [0.2, 0.25) is 0 Å². The third-order valence-corrected chi connectivity index (χ3v) is 3.64. The minimum atomic E-state index is 0.747. The van der Waals surface area contributed by atoms with Gasteiger partial charge in [-0.3, -0.25) is 0 Å². The number of benzene rings is 1. The summed E-state index contributed by atoms with van der Waals surface area (Å²) in [5.41, 5.74) is 1.31. The van der Waals surface area contributed by atoms with E-state index in [4.69, 9.17) is 4.74 Å². The molecule has 0 bridgehead atoms. The highest BCUT2D eigenvalue weighted by molar-refractivity contribution is 9.10. The van der Waals surface area contributed by atoms with Crippen LogP contribution in [0.25, 0.3) is 0 Å². The second-order valence-electron chi connectivity index (χ2n) is 4.37. The van der Waals surface area contributed by atoms with E-state index < -0.39 is 0 Å². The lowest BCUT2D eigenvalue weighted by Crippen LogP contribution is -2.30. The number of hydrogen-bond donors (Lipinski definition) is 1. The monoisotopic (exact) mass is 283 g/mol. The molecule has 1 aromatic carbocycles. The first-order valence-electron chi connectivity index (χ1n) is 5.82. The van der Waals surface area contributed by atoms with Gasteiger partial charge < -0.3 is 10.1 Å². The van der Waals surface area contributed by atoms with Gasteiger partial charge in [-0.25, -0.2) is 0 Å². The SMILES string of the molecule is COc1ccc(Br)cc1CC1CCCNC1. The first-order valence-corrected chi connectivity index (χ1v) is 6.62. The summed E-state index contributed by atoms with van der Waals surface area (Å²) in [6.45, 7) is 2.31. The highest BCUT2D eigenvalue weighted by atomic mass is 79.9. The van der Waals surface area contributed by atoms with E-state index in [0.717, 1.165) is 29.1 Å². The van der Waals surface area contributed by atoms with Crippen molar-refractivity contribution < 1.29 is 4.74 Å². The number of hydrogen-bond acceptors (Lipinski definition) is 2. The third kappa shape index (κ3) is 2.98. The van der Waals surface area contributed by atoms with E-state index in [9.17, 15) is 0 Å². The topological polar surface area (TPSA) is 21.3 Å². The van der Waals surface area contributed by atoms with Gasteiger partial charge in [-0.2, -0.15) is 0 Å². The van der Waals surface area contributed by atoms with Crippen LogP contribution in [0.1, 0.15) is 18.4 Å². The summed E-state index contributed by atoms with van der Waals surface area (Å²) in [5.74, 6) is 1.76. The molecule has 3 heteroatoms. The number of nitrogens with one attached hydrogen (secondary N) is 1. The van der Waals surface area contributed by atoms with Crippen molar-refractivity contribution in [2.45, 2.75) is 19.3 Å². The molecular formula is C13H18BrNO. The molecule has 1 N–H and O–H groups in total. The lowest BCUT2D eigenvalue weighted by molar-refractivity contribution is 0.364. The molecule has 1 atom stereocenters. The summed E-state index contributed by atoms with van der Waals surface area (Å²) in [4.78, 5) is 0. The fourth-order valence-corrected chi connectivity index (χ4v) is 2.72. The molecule has 0 saturated carbocycles. The molecule has 2 rings (SSSR count). The Morgan fingerprint density at radius 1 is 1.50 bits per heavy atom. The number of piperidine rings is 1.